The third-order valence-electron chi connectivity index (χ3n) is 3.30. The van der Waals surface area contributed by atoms with Gasteiger partial charge in [0.15, 0.2) is 0 Å². The van der Waals surface area contributed by atoms with Gasteiger partial charge >= 0.3 is 0 Å². The first-order valence-electron chi connectivity index (χ1n) is 6.53. The average Bonchev–Trinajstić information content (AvgIpc) is 2.78. The smallest absolute Gasteiger partial charge is 0.276 e. The number of benzene rings is 1. The molecular formula is C14H16N4O2. The number of anilines is 1. The molecule has 3 rings (SSSR count). The number of nitrogens with one attached hydrogen (secondary N) is 1. The van der Waals surface area contributed by atoms with E-state index in [0.29, 0.717) is 5.70 Å². The molecule has 0 radical (unpaired) electrons. The lowest BCUT2D eigenvalue weighted by Gasteiger charge is -2.30. The Morgan fingerprint density at radius 3 is 2.75 bits per heavy atom. The molecule has 2 aliphatic rings. The standard InChI is InChI=1S/C14H16N4O2/c15-14-16-11(13(19)17-14)9-10-3-1-2-4-12(10)18-5-7-20-8-6-18/h1-4,9H,5-8H2,(H3,15,16,17,19)/b11-9-. The number of carbonyl (C=O) groups is 1. The van der Waals surface area contributed by atoms with Crippen molar-refractivity contribution in [1.82, 2.24) is 5.32 Å². The zero-order valence-electron chi connectivity index (χ0n) is 11.0. The van der Waals surface area contributed by atoms with Crippen LogP contribution in [0.25, 0.3) is 6.08 Å². The van der Waals surface area contributed by atoms with Crippen LogP contribution in [0.1, 0.15) is 5.56 Å². The Morgan fingerprint density at radius 1 is 1.30 bits per heavy atom. The van der Waals surface area contributed by atoms with Gasteiger partial charge in [-0.3, -0.25) is 10.1 Å². The van der Waals surface area contributed by atoms with E-state index in [-0.39, 0.29) is 11.9 Å². The van der Waals surface area contributed by atoms with Crippen LogP contribution in [0.15, 0.2) is 35.0 Å². The van der Waals surface area contributed by atoms with E-state index in [2.05, 4.69) is 15.2 Å². The molecule has 1 fully saturated rings. The van der Waals surface area contributed by atoms with Crippen LogP contribution in [-0.4, -0.2) is 38.2 Å². The number of nitrogens with zero attached hydrogens (tertiary/aromatic N) is 2. The second kappa shape index (κ2) is 5.34. The van der Waals surface area contributed by atoms with Crippen molar-refractivity contribution in [3.8, 4) is 0 Å². The molecule has 1 aromatic carbocycles. The van der Waals surface area contributed by atoms with Crippen LogP contribution < -0.4 is 16.0 Å². The van der Waals surface area contributed by atoms with Gasteiger partial charge in [0, 0.05) is 24.3 Å². The number of hydrogen-bond donors (Lipinski definition) is 2. The van der Waals surface area contributed by atoms with E-state index < -0.39 is 0 Å². The topological polar surface area (TPSA) is 79.9 Å². The Kier molecular flexibility index (Phi) is 3.39. The van der Waals surface area contributed by atoms with E-state index in [1.807, 2.05) is 24.3 Å². The van der Waals surface area contributed by atoms with E-state index in [4.69, 9.17) is 10.5 Å². The van der Waals surface area contributed by atoms with Gasteiger partial charge < -0.3 is 15.4 Å². The van der Waals surface area contributed by atoms with Gasteiger partial charge in [0.2, 0.25) is 5.96 Å². The molecule has 0 atom stereocenters. The quantitative estimate of drug-likeness (QED) is 0.759. The normalized spacial score (nSPS) is 21.0. The molecule has 1 amide bonds. The molecule has 6 heteroatoms. The number of carbonyl (C=O) groups excluding carboxylic acids is 1. The second-order valence-electron chi connectivity index (χ2n) is 4.64. The highest BCUT2D eigenvalue weighted by molar-refractivity contribution is 6.13. The number of hydrogen-bond acceptors (Lipinski definition) is 5. The van der Waals surface area contributed by atoms with Crippen LogP contribution in [0.2, 0.25) is 0 Å². The van der Waals surface area contributed by atoms with E-state index >= 15 is 0 Å². The number of para-hydroxylation sites is 1. The van der Waals surface area contributed by atoms with Gasteiger partial charge in [-0.15, -0.1) is 0 Å². The number of ether oxygens (including phenoxy) is 1. The molecule has 2 heterocycles. The summed E-state index contributed by atoms with van der Waals surface area (Å²) in [5, 5.41) is 2.47. The van der Waals surface area contributed by atoms with Gasteiger partial charge in [-0.2, -0.15) is 0 Å². The van der Waals surface area contributed by atoms with Gasteiger partial charge in [-0.1, -0.05) is 18.2 Å². The molecule has 1 saturated heterocycles. The van der Waals surface area contributed by atoms with Gasteiger partial charge in [0.05, 0.1) is 13.2 Å². The maximum atomic E-state index is 11.7. The SMILES string of the molecule is NC1=N/C(=C\c2ccccc2N2CCOCC2)C(=O)N1. The summed E-state index contributed by atoms with van der Waals surface area (Å²) in [6, 6.07) is 7.93. The fourth-order valence-corrected chi connectivity index (χ4v) is 2.34. The van der Waals surface area contributed by atoms with Crippen LogP contribution in [0.5, 0.6) is 0 Å². The number of nitrogens with two attached hydrogens (primary N) is 1. The Hall–Kier alpha value is -2.34. The van der Waals surface area contributed by atoms with Crippen LogP contribution in [-0.2, 0) is 9.53 Å². The first-order chi connectivity index (χ1) is 9.74. The first kappa shape index (κ1) is 12.7. The largest absolute Gasteiger partial charge is 0.378 e. The fraction of sp³-hybridized carbons (Fsp3) is 0.286. The minimum Gasteiger partial charge on any atom is -0.378 e. The molecule has 0 saturated carbocycles. The number of aliphatic imine (C=N–C) groups is 1. The Morgan fingerprint density at radius 2 is 2.05 bits per heavy atom. The number of morpholine rings is 1. The van der Waals surface area contributed by atoms with Crippen molar-refractivity contribution in [3.63, 3.8) is 0 Å². The van der Waals surface area contributed by atoms with Crippen LogP contribution in [0, 0.1) is 0 Å². The Balaban J connectivity index is 1.94. The van der Waals surface area contributed by atoms with Gasteiger partial charge in [0.25, 0.3) is 5.91 Å². The number of amides is 1. The highest BCUT2D eigenvalue weighted by atomic mass is 16.5. The van der Waals surface area contributed by atoms with E-state index in [1.165, 1.54) is 0 Å². The maximum absolute atomic E-state index is 11.7. The summed E-state index contributed by atoms with van der Waals surface area (Å²) in [5.74, 6) is -0.121. The van der Waals surface area contributed by atoms with Crippen molar-refractivity contribution < 1.29 is 9.53 Å². The summed E-state index contributed by atoms with van der Waals surface area (Å²) in [7, 11) is 0. The average molecular weight is 272 g/mol. The molecule has 2 aliphatic heterocycles. The molecule has 0 aromatic heterocycles. The summed E-state index contributed by atoms with van der Waals surface area (Å²) < 4.78 is 5.37. The zero-order valence-corrected chi connectivity index (χ0v) is 11.0. The maximum Gasteiger partial charge on any atom is 0.276 e. The third kappa shape index (κ3) is 2.50. The molecule has 0 bridgehead atoms. The summed E-state index contributed by atoms with van der Waals surface area (Å²) in [5.41, 5.74) is 7.87. The molecule has 3 N–H and O–H groups in total. The van der Waals surface area contributed by atoms with E-state index in [1.54, 1.807) is 6.08 Å². The molecule has 0 aliphatic carbocycles. The van der Waals surface area contributed by atoms with E-state index in [9.17, 15) is 4.79 Å². The third-order valence-corrected chi connectivity index (χ3v) is 3.30. The predicted molar refractivity (Wildman–Crippen MR) is 77.2 cm³/mol. The monoisotopic (exact) mass is 272 g/mol. The molecular weight excluding hydrogens is 256 g/mol. The highest BCUT2D eigenvalue weighted by Crippen LogP contribution is 2.24. The molecule has 1 aromatic rings. The van der Waals surface area contributed by atoms with Crippen molar-refractivity contribution in [2.45, 2.75) is 0 Å². The summed E-state index contributed by atoms with van der Waals surface area (Å²) in [6.07, 6.45) is 1.76. The number of rotatable bonds is 2. The fourth-order valence-electron chi connectivity index (χ4n) is 2.34. The van der Waals surface area contributed by atoms with Gasteiger partial charge in [-0.05, 0) is 12.1 Å². The predicted octanol–water partition coefficient (Wildman–Crippen LogP) is 0.309. The Labute approximate surface area is 116 Å². The Bertz CT molecular complexity index is 589. The minimum atomic E-state index is -0.265. The second-order valence-corrected chi connectivity index (χ2v) is 4.64. The van der Waals surface area contributed by atoms with E-state index in [0.717, 1.165) is 37.6 Å². The first-order valence-corrected chi connectivity index (χ1v) is 6.53. The molecule has 6 nitrogen and oxygen atoms in total. The summed E-state index contributed by atoms with van der Waals surface area (Å²) in [6.45, 7) is 3.13. The summed E-state index contributed by atoms with van der Waals surface area (Å²) in [4.78, 5) is 17.9. The lowest BCUT2D eigenvalue weighted by molar-refractivity contribution is -0.115. The zero-order chi connectivity index (χ0) is 13.9. The van der Waals surface area contributed by atoms with Crippen LogP contribution >= 0.6 is 0 Å². The van der Waals surface area contributed by atoms with Crippen LogP contribution in [0.4, 0.5) is 5.69 Å². The van der Waals surface area contributed by atoms with Crippen molar-refractivity contribution in [2.75, 3.05) is 31.2 Å². The molecule has 0 unspecified atom stereocenters. The van der Waals surface area contributed by atoms with Gasteiger partial charge in [-0.25, -0.2) is 4.99 Å². The highest BCUT2D eigenvalue weighted by Gasteiger charge is 2.19. The van der Waals surface area contributed by atoms with Crippen LogP contribution in [0.3, 0.4) is 0 Å². The lowest BCUT2D eigenvalue weighted by Crippen LogP contribution is -2.36. The lowest BCUT2D eigenvalue weighted by atomic mass is 10.1. The van der Waals surface area contributed by atoms with Crippen molar-refractivity contribution in [1.29, 1.82) is 0 Å². The molecule has 104 valence electrons. The molecule has 0 spiro atoms. The number of guanidine groups is 1. The van der Waals surface area contributed by atoms with Crippen molar-refractivity contribution in [2.24, 2.45) is 10.7 Å². The minimum absolute atomic E-state index is 0.144. The van der Waals surface area contributed by atoms with Gasteiger partial charge in [0.1, 0.15) is 5.70 Å². The van der Waals surface area contributed by atoms with Crippen molar-refractivity contribution in [3.05, 3.63) is 35.5 Å². The summed E-state index contributed by atoms with van der Waals surface area (Å²) >= 11 is 0. The van der Waals surface area contributed by atoms with Crippen molar-refractivity contribution >= 4 is 23.6 Å². The molecule has 20 heavy (non-hydrogen) atoms.